The van der Waals surface area contributed by atoms with E-state index in [1.807, 2.05) is 42.8 Å². The second kappa shape index (κ2) is 7.37. The maximum atomic E-state index is 13.0. The van der Waals surface area contributed by atoms with Crippen molar-refractivity contribution < 1.29 is 8.42 Å². The van der Waals surface area contributed by atoms with E-state index >= 15 is 0 Å². The average Bonchev–Trinajstić information content (AvgIpc) is 3.20. The first-order valence-corrected chi connectivity index (χ1v) is 11.2. The van der Waals surface area contributed by atoms with Crippen LogP contribution in [0.25, 0.3) is 16.5 Å². The van der Waals surface area contributed by atoms with E-state index in [-0.39, 0.29) is 4.90 Å². The van der Waals surface area contributed by atoms with Gasteiger partial charge in [0.2, 0.25) is 10.0 Å². The topological polar surface area (TPSA) is 81.8 Å². The quantitative estimate of drug-likeness (QED) is 0.530. The Morgan fingerprint density at radius 3 is 2.40 bits per heavy atom. The predicted molar refractivity (Wildman–Crippen MR) is 117 cm³/mol. The van der Waals surface area contributed by atoms with E-state index in [0.29, 0.717) is 11.4 Å². The van der Waals surface area contributed by atoms with E-state index in [1.54, 1.807) is 31.8 Å². The molecule has 0 saturated carbocycles. The fourth-order valence-corrected chi connectivity index (χ4v) is 5.64. The van der Waals surface area contributed by atoms with Crippen molar-refractivity contribution in [3.05, 3.63) is 71.3 Å². The van der Waals surface area contributed by atoms with Crippen LogP contribution in [-0.2, 0) is 17.1 Å². The van der Waals surface area contributed by atoms with Crippen LogP contribution in [0.2, 0.25) is 0 Å². The molecule has 30 heavy (non-hydrogen) atoms. The normalized spacial score (nSPS) is 13.1. The van der Waals surface area contributed by atoms with E-state index in [2.05, 4.69) is 33.1 Å². The number of hydrogen-bond acceptors (Lipinski definition) is 4. The lowest BCUT2D eigenvalue weighted by atomic mass is 10.1. The first-order valence-electron chi connectivity index (χ1n) is 9.76. The fourth-order valence-electron chi connectivity index (χ4n) is 3.98. The predicted octanol–water partition coefficient (Wildman–Crippen LogP) is 3.72. The molecule has 2 aromatic heterocycles. The summed E-state index contributed by atoms with van der Waals surface area (Å²) < 4.78 is 32.3. The van der Waals surface area contributed by atoms with Crippen LogP contribution in [0.3, 0.4) is 0 Å². The van der Waals surface area contributed by atoms with Crippen LogP contribution in [0.1, 0.15) is 35.6 Å². The molecule has 2 heterocycles. The van der Waals surface area contributed by atoms with Crippen molar-refractivity contribution in [3.8, 4) is 5.69 Å². The number of aromatic nitrogens is 4. The van der Waals surface area contributed by atoms with Gasteiger partial charge in [-0.2, -0.15) is 10.2 Å². The minimum Gasteiger partial charge on any atom is -0.271 e. The molecule has 0 amide bonds. The van der Waals surface area contributed by atoms with Gasteiger partial charge < -0.3 is 0 Å². The van der Waals surface area contributed by atoms with Gasteiger partial charge in [0.1, 0.15) is 4.90 Å². The molecule has 0 spiro atoms. The molecule has 7 nitrogen and oxygen atoms in total. The van der Waals surface area contributed by atoms with Gasteiger partial charge in [-0.25, -0.2) is 17.8 Å². The summed E-state index contributed by atoms with van der Waals surface area (Å²) in [7, 11) is -1.99. The van der Waals surface area contributed by atoms with E-state index in [9.17, 15) is 8.42 Å². The first kappa shape index (κ1) is 20.3. The third-order valence-corrected chi connectivity index (χ3v) is 7.34. The maximum absolute atomic E-state index is 13.0. The monoisotopic (exact) mass is 423 g/mol. The second-order valence-electron chi connectivity index (χ2n) is 7.56. The molecule has 0 bridgehead atoms. The Balaban J connectivity index is 1.70. The zero-order valence-electron chi connectivity index (χ0n) is 17.7. The van der Waals surface area contributed by atoms with Crippen LogP contribution in [0.5, 0.6) is 0 Å². The molecule has 0 radical (unpaired) electrons. The summed E-state index contributed by atoms with van der Waals surface area (Å²) in [5, 5.41) is 11.0. The molecule has 1 N–H and O–H groups in total. The Morgan fingerprint density at radius 1 is 1.00 bits per heavy atom. The van der Waals surface area contributed by atoms with Crippen molar-refractivity contribution in [1.82, 2.24) is 24.3 Å². The van der Waals surface area contributed by atoms with Crippen molar-refractivity contribution in [1.29, 1.82) is 0 Å². The van der Waals surface area contributed by atoms with Crippen LogP contribution >= 0.6 is 0 Å². The smallest absolute Gasteiger partial charge is 0.244 e. The van der Waals surface area contributed by atoms with E-state index < -0.39 is 16.1 Å². The zero-order valence-corrected chi connectivity index (χ0v) is 18.5. The van der Waals surface area contributed by atoms with Gasteiger partial charge in [0.05, 0.1) is 23.3 Å². The highest BCUT2D eigenvalue weighted by Gasteiger charge is 2.27. The molecule has 4 rings (SSSR count). The summed E-state index contributed by atoms with van der Waals surface area (Å²) in [5.41, 5.74) is 3.77. The third-order valence-electron chi connectivity index (χ3n) is 5.55. The highest BCUT2D eigenvalue weighted by atomic mass is 32.2. The van der Waals surface area contributed by atoms with Crippen LogP contribution in [0, 0.1) is 20.8 Å². The van der Waals surface area contributed by atoms with Gasteiger partial charge in [-0.3, -0.25) is 4.68 Å². The summed E-state index contributed by atoms with van der Waals surface area (Å²) in [6.07, 6.45) is 1.73. The summed E-state index contributed by atoms with van der Waals surface area (Å²) in [6.45, 7) is 7.24. The third kappa shape index (κ3) is 3.32. The summed E-state index contributed by atoms with van der Waals surface area (Å²) in [5.74, 6) is 0. The molecule has 0 aliphatic heterocycles. The van der Waals surface area contributed by atoms with E-state index in [4.69, 9.17) is 0 Å². The van der Waals surface area contributed by atoms with Gasteiger partial charge in [-0.05, 0) is 39.1 Å². The Morgan fingerprint density at radius 2 is 1.70 bits per heavy atom. The van der Waals surface area contributed by atoms with E-state index in [1.165, 1.54) is 0 Å². The van der Waals surface area contributed by atoms with Crippen molar-refractivity contribution in [3.63, 3.8) is 0 Å². The number of aryl methyl sites for hydroxylation is 2. The van der Waals surface area contributed by atoms with Crippen LogP contribution in [0.15, 0.2) is 53.6 Å². The number of nitrogens with one attached hydrogen (secondary N) is 1. The molecule has 0 fully saturated rings. The number of sulfonamides is 1. The van der Waals surface area contributed by atoms with Gasteiger partial charge in [0.25, 0.3) is 0 Å². The standard InChI is InChI=1S/C22H25N5O2S/c1-14(25-30(28,29)22-15(2)24-26(5)17(22)4)20-13-23-27(16(20)3)21-12-8-10-18-9-6-7-11-19(18)21/h6-14,25H,1-5H3/t14-/m1/s1. The molecular weight excluding hydrogens is 398 g/mol. The Hall–Kier alpha value is -2.97. The Labute approximate surface area is 176 Å². The SMILES string of the molecule is Cc1nn(C)c(C)c1S(=O)(=O)N[C@H](C)c1cnn(-c2cccc3ccccc23)c1C. The molecule has 0 unspecified atom stereocenters. The van der Waals surface area contributed by atoms with Gasteiger partial charge in [-0.15, -0.1) is 0 Å². The maximum Gasteiger partial charge on any atom is 0.244 e. The summed E-state index contributed by atoms with van der Waals surface area (Å²) in [6, 6.07) is 13.8. The fraction of sp³-hybridized carbons (Fsp3) is 0.273. The summed E-state index contributed by atoms with van der Waals surface area (Å²) >= 11 is 0. The molecule has 0 aliphatic carbocycles. The van der Waals surface area contributed by atoms with Gasteiger partial charge in [0.15, 0.2) is 0 Å². The van der Waals surface area contributed by atoms with Crippen molar-refractivity contribution >= 4 is 20.8 Å². The number of nitrogens with zero attached hydrogens (tertiary/aromatic N) is 4. The zero-order chi connectivity index (χ0) is 21.6. The number of fused-ring (bicyclic) bond motifs is 1. The molecule has 2 aromatic carbocycles. The van der Waals surface area contributed by atoms with Crippen molar-refractivity contribution in [2.45, 2.75) is 38.6 Å². The molecular formula is C22H25N5O2S. The molecule has 0 aliphatic rings. The Kier molecular flexibility index (Phi) is 4.99. The first-order chi connectivity index (χ1) is 14.2. The Bertz CT molecular complexity index is 1350. The lowest BCUT2D eigenvalue weighted by Gasteiger charge is -2.15. The van der Waals surface area contributed by atoms with Crippen LogP contribution in [-0.4, -0.2) is 28.0 Å². The van der Waals surface area contributed by atoms with Gasteiger partial charge in [0, 0.05) is 29.7 Å². The van der Waals surface area contributed by atoms with Crippen LogP contribution in [0.4, 0.5) is 0 Å². The lowest BCUT2D eigenvalue weighted by molar-refractivity contribution is 0.565. The average molecular weight is 424 g/mol. The molecule has 0 saturated heterocycles. The molecule has 8 heteroatoms. The van der Waals surface area contributed by atoms with Crippen LogP contribution < -0.4 is 4.72 Å². The number of rotatable bonds is 5. The number of hydrogen-bond donors (Lipinski definition) is 1. The minimum absolute atomic E-state index is 0.232. The highest BCUT2D eigenvalue weighted by molar-refractivity contribution is 7.89. The van der Waals surface area contributed by atoms with E-state index in [0.717, 1.165) is 27.7 Å². The second-order valence-corrected chi connectivity index (χ2v) is 9.21. The van der Waals surface area contributed by atoms with Gasteiger partial charge >= 0.3 is 0 Å². The largest absolute Gasteiger partial charge is 0.271 e. The van der Waals surface area contributed by atoms with Crippen molar-refractivity contribution in [2.75, 3.05) is 0 Å². The van der Waals surface area contributed by atoms with Crippen molar-refractivity contribution in [2.24, 2.45) is 7.05 Å². The lowest BCUT2D eigenvalue weighted by Crippen LogP contribution is -2.28. The number of benzene rings is 2. The van der Waals surface area contributed by atoms with Gasteiger partial charge in [-0.1, -0.05) is 36.4 Å². The summed E-state index contributed by atoms with van der Waals surface area (Å²) in [4.78, 5) is 0.232. The minimum atomic E-state index is -3.73. The molecule has 156 valence electrons. The highest BCUT2D eigenvalue weighted by Crippen LogP contribution is 2.27. The molecule has 1 atom stereocenters. The molecule has 4 aromatic rings.